The van der Waals surface area contributed by atoms with E-state index in [-0.39, 0.29) is 17.4 Å². The smallest absolute Gasteiger partial charge is 0.271 e. The minimum Gasteiger partial charge on any atom is -0.354 e. The van der Waals surface area contributed by atoms with E-state index in [1.54, 1.807) is 18.2 Å². The maximum atomic E-state index is 13.6. The molecule has 0 spiro atoms. The first-order chi connectivity index (χ1) is 15.3. The molecular formula is C25H27FN4O2. The number of hydrogen-bond donors (Lipinski definition) is 1. The third-order valence-electron chi connectivity index (χ3n) is 5.88. The van der Waals surface area contributed by atoms with Gasteiger partial charge in [-0.15, -0.1) is 5.10 Å². The van der Waals surface area contributed by atoms with Gasteiger partial charge in [0.2, 0.25) is 5.91 Å². The number of hydrogen-bond acceptors (Lipinski definition) is 4. The number of halogens is 1. The lowest BCUT2D eigenvalue weighted by Crippen LogP contribution is -2.42. The number of nitrogens with zero attached hydrogens (tertiary/aromatic N) is 3. The Morgan fingerprint density at radius 3 is 2.56 bits per heavy atom. The van der Waals surface area contributed by atoms with Crippen molar-refractivity contribution in [2.75, 3.05) is 23.3 Å². The highest BCUT2D eigenvalue weighted by molar-refractivity contribution is 5.94. The summed E-state index contributed by atoms with van der Waals surface area (Å²) in [7, 11) is 0. The van der Waals surface area contributed by atoms with Gasteiger partial charge in [0, 0.05) is 24.8 Å². The Labute approximate surface area is 186 Å². The summed E-state index contributed by atoms with van der Waals surface area (Å²) >= 11 is 0. The molecule has 0 radical (unpaired) electrons. The second-order valence-electron chi connectivity index (χ2n) is 8.47. The van der Waals surface area contributed by atoms with Gasteiger partial charge in [0.15, 0.2) is 0 Å². The van der Waals surface area contributed by atoms with Gasteiger partial charge in [-0.2, -0.15) is 4.68 Å². The van der Waals surface area contributed by atoms with E-state index in [0.717, 1.165) is 36.2 Å². The number of anilines is 2. The summed E-state index contributed by atoms with van der Waals surface area (Å²) in [5.41, 5.74) is 4.17. The van der Waals surface area contributed by atoms with Crippen LogP contribution in [0.3, 0.4) is 0 Å². The van der Waals surface area contributed by atoms with Crippen molar-refractivity contribution in [1.82, 2.24) is 9.78 Å². The molecule has 0 saturated carbocycles. The Morgan fingerprint density at radius 2 is 1.84 bits per heavy atom. The van der Waals surface area contributed by atoms with E-state index in [4.69, 9.17) is 0 Å². The van der Waals surface area contributed by atoms with E-state index in [0.29, 0.717) is 18.1 Å². The van der Waals surface area contributed by atoms with Crippen LogP contribution >= 0.6 is 0 Å². The van der Waals surface area contributed by atoms with Crippen LogP contribution in [0.15, 0.2) is 53.3 Å². The molecule has 2 aromatic carbocycles. The number of piperidine rings is 1. The summed E-state index contributed by atoms with van der Waals surface area (Å²) < 4.78 is 14.8. The SMILES string of the molecule is Cc1cc(C)c(NC(=O)[C@@H]2CCCN(c3ccc(=O)n(-c4cccc(F)c4)n3)C2)c(C)c1. The molecular weight excluding hydrogens is 407 g/mol. The molecule has 166 valence electrons. The second-order valence-corrected chi connectivity index (χ2v) is 8.47. The van der Waals surface area contributed by atoms with E-state index in [9.17, 15) is 14.0 Å². The molecule has 1 N–H and O–H groups in total. The summed E-state index contributed by atoms with van der Waals surface area (Å²) in [6, 6.07) is 13.0. The molecule has 0 bridgehead atoms. The van der Waals surface area contributed by atoms with Gasteiger partial charge < -0.3 is 10.2 Å². The molecule has 4 rings (SSSR count). The number of carbonyl (C=O) groups is 1. The van der Waals surface area contributed by atoms with Gasteiger partial charge >= 0.3 is 0 Å². The van der Waals surface area contributed by atoms with Gasteiger partial charge in [0.05, 0.1) is 11.6 Å². The first-order valence-corrected chi connectivity index (χ1v) is 10.8. The van der Waals surface area contributed by atoms with Crippen LogP contribution in [0.4, 0.5) is 15.9 Å². The van der Waals surface area contributed by atoms with Crippen molar-refractivity contribution in [2.45, 2.75) is 33.6 Å². The van der Waals surface area contributed by atoms with Crippen LogP contribution in [-0.4, -0.2) is 28.8 Å². The Balaban J connectivity index is 1.54. The molecule has 1 saturated heterocycles. The van der Waals surface area contributed by atoms with Crippen LogP contribution in [0, 0.1) is 32.5 Å². The molecule has 1 aliphatic rings. The topological polar surface area (TPSA) is 67.2 Å². The standard InChI is InChI=1S/C25H27FN4O2/c1-16-12-17(2)24(18(3)13-16)27-25(32)19-6-5-11-29(15-19)22-9-10-23(31)30(28-22)21-8-4-7-20(26)14-21/h4,7-10,12-14,19H,5-6,11,15H2,1-3H3,(H,27,32)/t19-/m1/s1. The van der Waals surface area contributed by atoms with Gasteiger partial charge in [-0.05, 0) is 69.0 Å². The van der Waals surface area contributed by atoms with Gasteiger partial charge in [-0.3, -0.25) is 9.59 Å². The van der Waals surface area contributed by atoms with Crippen LogP contribution in [0.1, 0.15) is 29.5 Å². The van der Waals surface area contributed by atoms with Gasteiger partial charge in [0.25, 0.3) is 5.56 Å². The molecule has 32 heavy (non-hydrogen) atoms. The van der Waals surface area contributed by atoms with Crippen molar-refractivity contribution in [3.63, 3.8) is 0 Å². The second kappa shape index (κ2) is 8.94. The van der Waals surface area contributed by atoms with Crippen molar-refractivity contribution in [1.29, 1.82) is 0 Å². The zero-order valence-electron chi connectivity index (χ0n) is 18.6. The fraction of sp³-hybridized carbons (Fsp3) is 0.320. The van der Waals surface area contributed by atoms with Crippen LogP contribution in [0.25, 0.3) is 5.69 Å². The highest BCUT2D eigenvalue weighted by atomic mass is 19.1. The number of carbonyl (C=O) groups excluding carboxylic acids is 1. The molecule has 2 heterocycles. The molecule has 3 aromatic rings. The van der Waals surface area contributed by atoms with Gasteiger partial charge in [-0.25, -0.2) is 4.39 Å². The lowest BCUT2D eigenvalue weighted by Gasteiger charge is -2.33. The average molecular weight is 435 g/mol. The molecule has 1 aromatic heterocycles. The lowest BCUT2D eigenvalue weighted by atomic mass is 9.96. The number of rotatable bonds is 4. The molecule has 0 unspecified atom stereocenters. The molecule has 1 atom stereocenters. The number of benzene rings is 2. The van der Waals surface area contributed by atoms with E-state index < -0.39 is 5.82 Å². The summed E-state index contributed by atoms with van der Waals surface area (Å²) in [5, 5.41) is 7.57. The largest absolute Gasteiger partial charge is 0.354 e. The van der Waals surface area contributed by atoms with Gasteiger partial charge in [-0.1, -0.05) is 23.8 Å². The van der Waals surface area contributed by atoms with Crippen LogP contribution in [0.5, 0.6) is 0 Å². The summed E-state index contributed by atoms with van der Waals surface area (Å²) in [4.78, 5) is 27.4. The first kappa shape index (κ1) is 21.7. The zero-order chi connectivity index (χ0) is 22.8. The van der Waals surface area contributed by atoms with Crippen LogP contribution < -0.4 is 15.8 Å². The number of aromatic nitrogens is 2. The molecule has 7 heteroatoms. The predicted octanol–water partition coefficient (Wildman–Crippen LogP) is 4.15. The van der Waals surface area contributed by atoms with E-state index in [2.05, 4.69) is 22.5 Å². The third-order valence-corrected chi connectivity index (χ3v) is 5.88. The molecule has 1 amide bonds. The quantitative estimate of drug-likeness (QED) is 0.670. The Hall–Kier alpha value is -3.48. The molecule has 1 fully saturated rings. The zero-order valence-corrected chi connectivity index (χ0v) is 18.6. The number of amides is 1. The third kappa shape index (κ3) is 4.56. The number of aryl methyl sites for hydroxylation is 3. The van der Waals surface area contributed by atoms with Crippen molar-refractivity contribution >= 4 is 17.4 Å². The monoisotopic (exact) mass is 434 g/mol. The fourth-order valence-electron chi connectivity index (χ4n) is 4.36. The van der Waals surface area contributed by atoms with Crippen molar-refractivity contribution in [2.24, 2.45) is 5.92 Å². The Morgan fingerprint density at radius 1 is 1.09 bits per heavy atom. The first-order valence-electron chi connectivity index (χ1n) is 10.8. The highest BCUT2D eigenvalue weighted by Gasteiger charge is 2.27. The van der Waals surface area contributed by atoms with E-state index in [1.807, 2.05) is 25.7 Å². The Bertz CT molecular complexity index is 1200. The minimum absolute atomic E-state index is 0.0109. The van der Waals surface area contributed by atoms with E-state index in [1.165, 1.54) is 28.4 Å². The molecule has 6 nitrogen and oxygen atoms in total. The average Bonchev–Trinajstić information content (AvgIpc) is 2.76. The van der Waals surface area contributed by atoms with E-state index >= 15 is 0 Å². The predicted molar refractivity (Wildman–Crippen MR) is 124 cm³/mol. The normalized spacial score (nSPS) is 16.1. The summed E-state index contributed by atoms with van der Waals surface area (Å²) in [6.07, 6.45) is 1.63. The fourth-order valence-corrected chi connectivity index (χ4v) is 4.36. The van der Waals surface area contributed by atoms with Crippen molar-refractivity contribution in [3.8, 4) is 5.69 Å². The minimum atomic E-state index is -0.432. The maximum absolute atomic E-state index is 13.6. The van der Waals surface area contributed by atoms with Crippen molar-refractivity contribution in [3.05, 3.63) is 81.4 Å². The molecule has 1 aliphatic heterocycles. The number of nitrogens with one attached hydrogen (secondary N) is 1. The summed E-state index contributed by atoms with van der Waals surface area (Å²) in [5.74, 6) is -0.0459. The lowest BCUT2D eigenvalue weighted by molar-refractivity contribution is -0.120. The summed E-state index contributed by atoms with van der Waals surface area (Å²) in [6.45, 7) is 7.29. The van der Waals surface area contributed by atoms with Gasteiger partial charge in [0.1, 0.15) is 11.6 Å². The van der Waals surface area contributed by atoms with Crippen molar-refractivity contribution < 1.29 is 9.18 Å². The van der Waals surface area contributed by atoms with Crippen LogP contribution in [0.2, 0.25) is 0 Å². The van der Waals surface area contributed by atoms with Crippen LogP contribution in [-0.2, 0) is 4.79 Å². The Kier molecular flexibility index (Phi) is 6.08. The highest BCUT2D eigenvalue weighted by Crippen LogP contribution is 2.26. The molecule has 0 aliphatic carbocycles. The maximum Gasteiger partial charge on any atom is 0.271 e.